The predicted molar refractivity (Wildman–Crippen MR) is 85.0 cm³/mol. The minimum Gasteiger partial charge on any atom is -0.486 e. The van der Waals surface area contributed by atoms with Crippen molar-refractivity contribution < 1.29 is 9.47 Å². The van der Waals surface area contributed by atoms with Crippen molar-refractivity contribution in [3.63, 3.8) is 0 Å². The van der Waals surface area contributed by atoms with E-state index in [1.165, 1.54) is 0 Å². The first-order valence-electron chi connectivity index (χ1n) is 7.87. The fourth-order valence-corrected chi connectivity index (χ4v) is 2.95. The second-order valence-corrected chi connectivity index (χ2v) is 5.78. The molecule has 0 aliphatic carbocycles. The number of hydrogen-bond donors (Lipinski definition) is 1. The Morgan fingerprint density at radius 1 is 1.24 bits per heavy atom. The Hall–Kier alpha value is -1.46. The van der Waals surface area contributed by atoms with E-state index in [0.29, 0.717) is 0 Å². The average Bonchev–Trinajstić information content (AvgIpc) is 2.53. The van der Waals surface area contributed by atoms with Gasteiger partial charge in [-0.2, -0.15) is 0 Å². The minimum absolute atomic E-state index is 0.269. The average molecular weight is 291 g/mol. The van der Waals surface area contributed by atoms with Crippen molar-refractivity contribution in [1.82, 2.24) is 4.90 Å². The molecule has 5 nitrogen and oxygen atoms in total. The first kappa shape index (κ1) is 14.5. The molecule has 2 aliphatic rings. The largest absolute Gasteiger partial charge is 0.486 e. The molecular formula is C16H25N3O2. The molecule has 1 saturated heterocycles. The number of rotatable bonds is 4. The van der Waals surface area contributed by atoms with E-state index < -0.39 is 0 Å². The number of nitrogens with two attached hydrogens (primary N) is 1. The molecule has 2 aliphatic heterocycles. The van der Waals surface area contributed by atoms with Gasteiger partial charge in [-0.1, -0.05) is 6.92 Å². The zero-order valence-corrected chi connectivity index (χ0v) is 12.8. The van der Waals surface area contributed by atoms with Crippen LogP contribution in [0.1, 0.15) is 13.3 Å². The number of nitrogen functional groups attached to an aromatic ring is 1. The van der Waals surface area contributed by atoms with Crippen LogP contribution in [0.4, 0.5) is 11.4 Å². The summed E-state index contributed by atoms with van der Waals surface area (Å²) < 4.78 is 11.4. The van der Waals surface area contributed by atoms with Crippen molar-refractivity contribution in [2.45, 2.75) is 19.4 Å². The molecule has 1 aromatic rings. The van der Waals surface area contributed by atoms with Crippen molar-refractivity contribution in [1.29, 1.82) is 0 Å². The number of benzene rings is 1. The number of hydrogen-bond acceptors (Lipinski definition) is 5. The van der Waals surface area contributed by atoms with Crippen LogP contribution in [0.3, 0.4) is 0 Å². The molecule has 116 valence electrons. The van der Waals surface area contributed by atoms with Gasteiger partial charge in [0, 0.05) is 31.9 Å². The van der Waals surface area contributed by atoms with Crippen LogP contribution in [0.25, 0.3) is 0 Å². The Balaban J connectivity index is 1.69. The summed E-state index contributed by atoms with van der Waals surface area (Å²) in [6.07, 6.45) is 1.29. The highest BCUT2D eigenvalue weighted by Gasteiger charge is 2.25. The smallest absolute Gasteiger partial charge is 0.143 e. The maximum atomic E-state index is 6.03. The third-order valence-electron chi connectivity index (χ3n) is 4.29. The van der Waals surface area contributed by atoms with Crippen molar-refractivity contribution in [2.24, 2.45) is 0 Å². The lowest BCUT2D eigenvalue weighted by Crippen LogP contribution is -2.45. The molecule has 0 bridgehead atoms. The Labute approximate surface area is 126 Å². The molecule has 5 heteroatoms. The van der Waals surface area contributed by atoms with Crippen LogP contribution >= 0.6 is 0 Å². The molecule has 2 N–H and O–H groups in total. The van der Waals surface area contributed by atoms with Crippen LogP contribution < -0.4 is 15.4 Å². The molecule has 0 saturated carbocycles. The Morgan fingerprint density at radius 3 is 2.81 bits per heavy atom. The van der Waals surface area contributed by atoms with Gasteiger partial charge in [-0.15, -0.1) is 0 Å². The molecule has 3 rings (SSSR count). The summed E-state index contributed by atoms with van der Waals surface area (Å²) in [6, 6.07) is 5.94. The predicted octanol–water partition coefficient (Wildman–Crippen LogP) is 1.58. The lowest BCUT2D eigenvalue weighted by Gasteiger charge is -2.37. The summed E-state index contributed by atoms with van der Waals surface area (Å²) in [5, 5.41) is 0. The molecule has 0 spiro atoms. The maximum Gasteiger partial charge on any atom is 0.143 e. The fraction of sp³-hybridized carbons (Fsp3) is 0.625. The summed E-state index contributed by atoms with van der Waals surface area (Å²) in [7, 11) is 0. The normalized spacial score (nSPS) is 22.7. The Bertz CT molecular complexity index is 475. The van der Waals surface area contributed by atoms with Gasteiger partial charge in [-0.25, -0.2) is 0 Å². The zero-order chi connectivity index (χ0) is 14.7. The summed E-state index contributed by atoms with van der Waals surface area (Å²) in [5.74, 6) is 0.962. The van der Waals surface area contributed by atoms with Crippen LogP contribution in [0.2, 0.25) is 0 Å². The van der Waals surface area contributed by atoms with Crippen molar-refractivity contribution in [3.8, 4) is 5.75 Å². The first-order chi connectivity index (χ1) is 10.3. The van der Waals surface area contributed by atoms with Crippen molar-refractivity contribution in [2.75, 3.05) is 56.6 Å². The highest BCUT2D eigenvalue weighted by Crippen LogP contribution is 2.35. The number of fused-ring (bicyclic) bond motifs is 1. The van der Waals surface area contributed by atoms with Gasteiger partial charge in [0.15, 0.2) is 0 Å². The van der Waals surface area contributed by atoms with Crippen molar-refractivity contribution >= 4 is 11.4 Å². The molecule has 1 fully saturated rings. The highest BCUT2D eigenvalue weighted by atomic mass is 16.5. The molecule has 1 aromatic carbocycles. The molecular weight excluding hydrogens is 266 g/mol. The number of ether oxygens (including phenoxy) is 2. The van der Waals surface area contributed by atoms with E-state index in [0.717, 1.165) is 69.5 Å². The lowest BCUT2D eigenvalue weighted by molar-refractivity contribution is 0.0388. The van der Waals surface area contributed by atoms with Crippen LogP contribution in [0.5, 0.6) is 5.75 Å². The third kappa shape index (κ3) is 3.41. The Kier molecular flexibility index (Phi) is 4.51. The lowest BCUT2D eigenvalue weighted by atomic mass is 10.1. The summed E-state index contributed by atoms with van der Waals surface area (Å²) in [4.78, 5) is 4.88. The second-order valence-electron chi connectivity index (χ2n) is 5.78. The van der Waals surface area contributed by atoms with E-state index in [-0.39, 0.29) is 6.10 Å². The zero-order valence-electron chi connectivity index (χ0n) is 12.8. The molecule has 0 radical (unpaired) electrons. The van der Waals surface area contributed by atoms with Crippen LogP contribution in [-0.4, -0.2) is 56.9 Å². The van der Waals surface area contributed by atoms with E-state index in [1.807, 2.05) is 18.2 Å². The van der Waals surface area contributed by atoms with Gasteiger partial charge in [0.25, 0.3) is 0 Å². The first-order valence-corrected chi connectivity index (χ1v) is 7.87. The van der Waals surface area contributed by atoms with Crippen molar-refractivity contribution in [3.05, 3.63) is 18.2 Å². The van der Waals surface area contributed by atoms with Gasteiger partial charge in [-0.3, -0.25) is 4.90 Å². The third-order valence-corrected chi connectivity index (χ3v) is 4.29. The number of nitrogens with zero attached hydrogens (tertiary/aromatic N) is 2. The second kappa shape index (κ2) is 6.54. The summed E-state index contributed by atoms with van der Waals surface area (Å²) >= 11 is 0. The quantitative estimate of drug-likeness (QED) is 0.854. The van der Waals surface area contributed by atoms with Crippen LogP contribution in [0, 0.1) is 0 Å². The van der Waals surface area contributed by atoms with Crippen LogP contribution in [0.15, 0.2) is 18.2 Å². The number of anilines is 2. The highest BCUT2D eigenvalue weighted by molar-refractivity contribution is 5.66. The van der Waals surface area contributed by atoms with E-state index in [9.17, 15) is 0 Å². The van der Waals surface area contributed by atoms with Crippen LogP contribution in [-0.2, 0) is 4.74 Å². The van der Waals surface area contributed by atoms with Gasteiger partial charge in [0.2, 0.25) is 0 Å². The van der Waals surface area contributed by atoms with E-state index in [4.69, 9.17) is 15.2 Å². The monoisotopic (exact) mass is 291 g/mol. The standard InChI is InChI=1S/C16H25N3O2/c1-2-14-12-19(6-5-18-7-9-20-10-8-18)15-11-13(17)3-4-16(15)21-14/h3-4,11,14H,2,5-10,12,17H2,1H3. The van der Waals surface area contributed by atoms with E-state index in [1.54, 1.807) is 0 Å². The molecule has 1 unspecified atom stereocenters. The summed E-state index contributed by atoms with van der Waals surface area (Å²) in [5.41, 5.74) is 7.87. The molecule has 1 atom stereocenters. The van der Waals surface area contributed by atoms with E-state index in [2.05, 4.69) is 16.7 Å². The number of morpholine rings is 1. The minimum atomic E-state index is 0.269. The van der Waals surface area contributed by atoms with Gasteiger partial charge in [0.1, 0.15) is 11.9 Å². The maximum absolute atomic E-state index is 6.03. The molecule has 2 heterocycles. The van der Waals surface area contributed by atoms with Gasteiger partial charge in [-0.05, 0) is 24.6 Å². The molecule has 21 heavy (non-hydrogen) atoms. The van der Waals surface area contributed by atoms with Gasteiger partial charge < -0.3 is 20.1 Å². The Morgan fingerprint density at radius 2 is 2.05 bits per heavy atom. The molecule has 0 amide bonds. The SMILES string of the molecule is CCC1CN(CCN2CCOCC2)c2cc(N)ccc2O1. The fourth-order valence-electron chi connectivity index (χ4n) is 2.95. The van der Waals surface area contributed by atoms with Gasteiger partial charge in [0.05, 0.1) is 25.4 Å². The molecule has 0 aromatic heterocycles. The van der Waals surface area contributed by atoms with E-state index >= 15 is 0 Å². The summed E-state index contributed by atoms with van der Waals surface area (Å²) in [6.45, 7) is 8.96. The van der Waals surface area contributed by atoms with Gasteiger partial charge >= 0.3 is 0 Å². The topological polar surface area (TPSA) is 51.0 Å².